The lowest BCUT2D eigenvalue weighted by Gasteiger charge is -2.36. The Bertz CT molecular complexity index is 2070. The Morgan fingerprint density at radius 3 is 2.45 bits per heavy atom. The molecule has 0 radical (unpaired) electrons. The summed E-state index contributed by atoms with van der Waals surface area (Å²) in [6.45, 7) is 5.11. The molecule has 4 aliphatic heterocycles. The van der Waals surface area contributed by atoms with Crippen LogP contribution < -0.4 is 15.5 Å². The van der Waals surface area contributed by atoms with Crippen molar-refractivity contribution in [3.63, 3.8) is 0 Å². The van der Waals surface area contributed by atoms with Gasteiger partial charge in [0.2, 0.25) is 11.8 Å². The number of ether oxygens (including phenoxy) is 1. The number of hydrogen-bond donors (Lipinski definition) is 3. The molecule has 2 fully saturated rings. The number of benzene rings is 3. The van der Waals surface area contributed by atoms with Gasteiger partial charge in [-0.1, -0.05) is 42.5 Å². The second-order valence-electron chi connectivity index (χ2n) is 13.9. The summed E-state index contributed by atoms with van der Waals surface area (Å²) >= 11 is 0. The summed E-state index contributed by atoms with van der Waals surface area (Å²) in [5, 5.41) is 12.6. The van der Waals surface area contributed by atoms with E-state index in [0.717, 1.165) is 66.4 Å². The van der Waals surface area contributed by atoms with E-state index in [1.54, 1.807) is 9.80 Å². The van der Waals surface area contributed by atoms with Crippen molar-refractivity contribution in [3.05, 3.63) is 112 Å². The van der Waals surface area contributed by atoms with Crippen molar-refractivity contribution in [2.24, 2.45) is 0 Å². The number of rotatable bonds is 9. The quantitative estimate of drug-likeness (QED) is 0.222. The van der Waals surface area contributed by atoms with Crippen LogP contribution in [0.1, 0.15) is 67.6 Å². The third kappa shape index (κ3) is 6.78. The third-order valence-electron chi connectivity index (χ3n) is 10.6. The summed E-state index contributed by atoms with van der Waals surface area (Å²) < 4.78 is 5.54. The van der Waals surface area contributed by atoms with Crippen LogP contribution in [-0.4, -0.2) is 93.8 Å². The van der Waals surface area contributed by atoms with Crippen molar-refractivity contribution < 1.29 is 28.7 Å². The molecule has 5 amide bonds. The first-order valence-corrected chi connectivity index (χ1v) is 17.8. The number of imide groups is 1. The fourth-order valence-electron chi connectivity index (χ4n) is 7.72. The second-order valence-corrected chi connectivity index (χ2v) is 13.9. The van der Waals surface area contributed by atoms with Gasteiger partial charge < -0.3 is 24.8 Å². The number of aromatic nitrogens is 2. The van der Waals surface area contributed by atoms with Gasteiger partial charge in [-0.05, 0) is 53.4 Å². The number of amides is 5. The Morgan fingerprint density at radius 1 is 0.943 bits per heavy atom. The zero-order valence-corrected chi connectivity index (χ0v) is 29.3. The van der Waals surface area contributed by atoms with Crippen LogP contribution in [0.3, 0.4) is 0 Å². The molecule has 8 rings (SSSR count). The fourth-order valence-corrected chi connectivity index (χ4v) is 7.72. The lowest BCUT2D eigenvalue weighted by Crippen LogP contribution is -2.52. The van der Waals surface area contributed by atoms with Crippen LogP contribution >= 0.6 is 0 Å². The molecule has 14 heteroatoms. The lowest BCUT2D eigenvalue weighted by molar-refractivity contribution is -0.143. The number of piperazine rings is 1. The molecule has 0 spiro atoms. The molecule has 4 aromatic rings. The number of carbonyl (C=O) groups excluding carboxylic acids is 5. The maximum Gasteiger partial charge on any atom is 0.256 e. The van der Waals surface area contributed by atoms with E-state index in [1.807, 2.05) is 66.7 Å². The normalized spacial score (nSPS) is 19.2. The largest absolute Gasteiger partial charge is 0.369 e. The van der Waals surface area contributed by atoms with Crippen LogP contribution in [0.2, 0.25) is 0 Å². The fraction of sp³-hybridized carbons (Fsp3) is 0.333. The van der Waals surface area contributed by atoms with E-state index in [4.69, 9.17) is 4.74 Å². The molecular weight excluding hydrogens is 676 g/mol. The van der Waals surface area contributed by atoms with E-state index in [1.165, 1.54) is 7.11 Å². The van der Waals surface area contributed by atoms with Crippen molar-refractivity contribution >= 4 is 41.0 Å². The van der Waals surface area contributed by atoms with Gasteiger partial charge in [0.15, 0.2) is 11.9 Å². The minimum Gasteiger partial charge on any atom is -0.369 e. The Morgan fingerprint density at radius 2 is 1.72 bits per heavy atom. The SMILES string of the molecule is CO[C@@H](C(=O)N1Cc2[nH]nc(NC(=O)c3ccc(N4CCN(Cc5ccc6c(c5)CN(C5CCC(=O)NC5=O)C6=O)CC4)cc3)c2C1)c1ccccc1. The van der Waals surface area contributed by atoms with Gasteiger partial charge in [-0.25, -0.2) is 0 Å². The Hall–Kier alpha value is -5.86. The van der Waals surface area contributed by atoms with Gasteiger partial charge in [0.25, 0.3) is 17.7 Å². The monoisotopic (exact) mass is 716 g/mol. The predicted octanol–water partition coefficient (Wildman–Crippen LogP) is 2.98. The van der Waals surface area contributed by atoms with Crippen molar-refractivity contribution in [1.82, 2.24) is 30.2 Å². The molecular formula is C39H40N8O6. The highest BCUT2D eigenvalue weighted by atomic mass is 16.5. The van der Waals surface area contributed by atoms with E-state index in [0.29, 0.717) is 43.0 Å². The number of carbonyl (C=O) groups is 5. The molecule has 2 atom stereocenters. The number of nitrogens with one attached hydrogen (secondary N) is 3. The average Bonchev–Trinajstić information content (AvgIpc) is 3.86. The zero-order valence-electron chi connectivity index (χ0n) is 29.3. The number of hydrogen-bond acceptors (Lipinski definition) is 9. The summed E-state index contributed by atoms with van der Waals surface area (Å²) in [6.07, 6.45) is -0.135. The predicted molar refractivity (Wildman–Crippen MR) is 193 cm³/mol. The molecule has 3 N–H and O–H groups in total. The molecule has 3 aromatic carbocycles. The molecule has 53 heavy (non-hydrogen) atoms. The van der Waals surface area contributed by atoms with Crippen LogP contribution in [0.25, 0.3) is 0 Å². The van der Waals surface area contributed by atoms with Crippen LogP contribution in [0.4, 0.5) is 11.5 Å². The molecule has 272 valence electrons. The van der Waals surface area contributed by atoms with E-state index in [-0.39, 0.29) is 30.0 Å². The van der Waals surface area contributed by atoms with Gasteiger partial charge in [-0.15, -0.1) is 0 Å². The van der Waals surface area contributed by atoms with Crippen LogP contribution in [-0.2, 0) is 45.3 Å². The van der Waals surface area contributed by atoms with Gasteiger partial charge in [-0.3, -0.25) is 39.3 Å². The summed E-state index contributed by atoms with van der Waals surface area (Å²) in [5.41, 5.74) is 6.53. The Labute approximate surface area is 306 Å². The summed E-state index contributed by atoms with van der Waals surface area (Å²) in [5.74, 6) is -0.886. The van der Waals surface area contributed by atoms with E-state index < -0.39 is 18.1 Å². The molecule has 0 saturated carbocycles. The number of piperidine rings is 1. The highest BCUT2D eigenvalue weighted by Gasteiger charge is 2.39. The maximum atomic E-state index is 13.3. The van der Waals surface area contributed by atoms with Gasteiger partial charge in [0.1, 0.15) is 6.04 Å². The molecule has 0 aliphatic carbocycles. The van der Waals surface area contributed by atoms with Crippen LogP contribution in [0.5, 0.6) is 0 Å². The van der Waals surface area contributed by atoms with Crippen molar-refractivity contribution in [2.75, 3.05) is 43.5 Å². The Balaban J connectivity index is 0.828. The summed E-state index contributed by atoms with van der Waals surface area (Å²) in [7, 11) is 1.52. The van der Waals surface area contributed by atoms with Crippen molar-refractivity contribution in [3.8, 4) is 0 Å². The van der Waals surface area contributed by atoms with Crippen molar-refractivity contribution in [2.45, 2.75) is 51.2 Å². The third-order valence-corrected chi connectivity index (χ3v) is 10.6. The minimum absolute atomic E-state index is 0.155. The van der Waals surface area contributed by atoms with E-state index in [9.17, 15) is 24.0 Å². The second kappa shape index (κ2) is 14.3. The standard InChI is InChI=1S/C39H40N8O6/c1-53-34(25-5-3-2-4-6-25)39(52)46-22-30-31(23-46)42-43-35(30)41-36(49)26-8-10-28(11-9-26)45-17-15-44(16-18-45)20-24-7-12-29-27(19-24)21-47(38(29)51)32-13-14-33(48)40-37(32)50/h2-12,19,32,34H,13-18,20-23H2,1H3,(H,40,48,50)(H2,41,42,43,49)/t32?,34-/m1/s1. The minimum atomic E-state index is -0.716. The first-order chi connectivity index (χ1) is 25.7. The van der Waals surface area contributed by atoms with E-state index >= 15 is 0 Å². The summed E-state index contributed by atoms with van der Waals surface area (Å²) in [4.78, 5) is 71.6. The van der Waals surface area contributed by atoms with Gasteiger partial charge in [0, 0.05) is 75.2 Å². The first kappa shape index (κ1) is 34.2. The number of fused-ring (bicyclic) bond motifs is 2. The molecule has 1 aromatic heterocycles. The lowest BCUT2D eigenvalue weighted by atomic mass is 10.0. The van der Waals surface area contributed by atoms with Gasteiger partial charge >= 0.3 is 0 Å². The average molecular weight is 717 g/mol. The number of H-pyrrole nitrogens is 1. The highest BCUT2D eigenvalue weighted by molar-refractivity contribution is 6.06. The van der Waals surface area contributed by atoms with Gasteiger partial charge in [-0.2, -0.15) is 5.10 Å². The number of anilines is 2. The topological polar surface area (TPSA) is 160 Å². The maximum absolute atomic E-state index is 13.3. The molecule has 14 nitrogen and oxygen atoms in total. The molecule has 5 heterocycles. The molecule has 4 aliphatic rings. The van der Waals surface area contributed by atoms with E-state index in [2.05, 4.69) is 36.7 Å². The first-order valence-electron chi connectivity index (χ1n) is 17.8. The zero-order chi connectivity index (χ0) is 36.6. The van der Waals surface area contributed by atoms with Crippen LogP contribution in [0.15, 0.2) is 72.8 Å². The number of aromatic amines is 1. The molecule has 2 saturated heterocycles. The molecule has 0 bridgehead atoms. The van der Waals surface area contributed by atoms with Crippen LogP contribution in [0, 0.1) is 0 Å². The smallest absolute Gasteiger partial charge is 0.256 e. The summed E-state index contributed by atoms with van der Waals surface area (Å²) in [6, 6.07) is 22.2. The Kier molecular flexibility index (Phi) is 9.22. The van der Waals surface area contributed by atoms with Gasteiger partial charge in [0.05, 0.1) is 18.8 Å². The van der Waals surface area contributed by atoms with Crippen molar-refractivity contribution in [1.29, 1.82) is 0 Å². The molecule has 1 unspecified atom stereocenters. The highest BCUT2D eigenvalue weighted by Crippen LogP contribution is 2.32. The number of methoxy groups -OCH3 is 1. The number of nitrogens with zero attached hydrogens (tertiary/aromatic N) is 5.